The minimum absolute atomic E-state index is 0.102. The zero-order valence-corrected chi connectivity index (χ0v) is 13.1. The van der Waals surface area contributed by atoms with Crippen molar-refractivity contribution in [2.24, 2.45) is 0 Å². The number of ketones is 1. The maximum atomic E-state index is 12.6. The van der Waals surface area contributed by atoms with Crippen molar-refractivity contribution in [3.05, 3.63) is 52.5 Å². The van der Waals surface area contributed by atoms with Crippen LogP contribution in [0.2, 0.25) is 5.02 Å². The Hall–Kier alpha value is -2.57. The Kier molecular flexibility index (Phi) is 3.26. The van der Waals surface area contributed by atoms with E-state index in [1.165, 1.54) is 6.07 Å². The van der Waals surface area contributed by atoms with Crippen molar-refractivity contribution in [3.63, 3.8) is 0 Å². The van der Waals surface area contributed by atoms with Crippen molar-refractivity contribution in [1.29, 1.82) is 0 Å². The number of nitrogens with one attached hydrogen (secondary N) is 1. The quantitative estimate of drug-likeness (QED) is 0.835. The van der Waals surface area contributed by atoms with Gasteiger partial charge in [0.25, 0.3) is 5.91 Å². The highest BCUT2D eigenvalue weighted by Gasteiger charge is 2.47. The molecule has 2 aliphatic rings. The van der Waals surface area contributed by atoms with Gasteiger partial charge in [-0.15, -0.1) is 0 Å². The Morgan fingerprint density at radius 3 is 2.83 bits per heavy atom. The van der Waals surface area contributed by atoms with Crippen LogP contribution in [0.15, 0.2) is 36.4 Å². The molecule has 7 heteroatoms. The highest BCUT2D eigenvalue weighted by atomic mass is 35.5. The predicted octanol–water partition coefficient (Wildman–Crippen LogP) is 2.48. The third-order valence-electron chi connectivity index (χ3n) is 4.16. The van der Waals surface area contributed by atoms with Crippen molar-refractivity contribution >= 4 is 29.0 Å². The number of aliphatic hydroxyl groups is 1. The standard InChI is InChI=1S/C17H12ClNO5/c18-10-2-3-12-11(6-10)17(22,16(21)19-12)7-13(20)9-1-4-14-15(5-9)24-8-23-14/h1-6,22H,7-8H2,(H,19,21)/t17-/m0/s1. The predicted molar refractivity (Wildman–Crippen MR) is 85.5 cm³/mol. The van der Waals surface area contributed by atoms with E-state index in [2.05, 4.69) is 5.32 Å². The molecule has 2 heterocycles. The van der Waals surface area contributed by atoms with Gasteiger partial charge in [-0.1, -0.05) is 11.6 Å². The number of halogens is 1. The van der Waals surface area contributed by atoms with Crippen LogP contribution in [0.3, 0.4) is 0 Å². The molecule has 2 aromatic carbocycles. The van der Waals surface area contributed by atoms with Gasteiger partial charge in [0.1, 0.15) is 0 Å². The lowest BCUT2D eigenvalue weighted by Gasteiger charge is -2.20. The number of rotatable bonds is 3. The molecule has 6 nitrogen and oxygen atoms in total. The molecule has 0 unspecified atom stereocenters. The summed E-state index contributed by atoms with van der Waals surface area (Å²) in [5.41, 5.74) is -0.872. The molecule has 24 heavy (non-hydrogen) atoms. The van der Waals surface area contributed by atoms with Crippen molar-refractivity contribution in [2.75, 3.05) is 12.1 Å². The zero-order valence-electron chi connectivity index (χ0n) is 12.3. The second-order valence-electron chi connectivity index (χ2n) is 5.67. The Balaban J connectivity index is 1.66. The van der Waals surface area contributed by atoms with E-state index in [-0.39, 0.29) is 6.79 Å². The van der Waals surface area contributed by atoms with Crippen LogP contribution in [0.4, 0.5) is 5.69 Å². The van der Waals surface area contributed by atoms with Gasteiger partial charge in [-0.3, -0.25) is 9.59 Å². The van der Waals surface area contributed by atoms with Gasteiger partial charge < -0.3 is 19.9 Å². The van der Waals surface area contributed by atoms with Gasteiger partial charge in [-0.05, 0) is 36.4 Å². The average Bonchev–Trinajstić information content (AvgIpc) is 3.11. The summed E-state index contributed by atoms with van der Waals surface area (Å²) in [7, 11) is 0. The minimum atomic E-state index is -1.95. The highest BCUT2D eigenvalue weighted by molar-refractivity contribution is 6.31. The largest absolute Gasteiger partial charge is 0.454 e. The van der Waals surface area contributed by atoms with Crippen LogP contribution in [0.25, 0.3) is 0 Å². The van der Waals surface area contributed by atoms with E-state index in [1.54, 1.807) is 30.3 Å². The summed E-state index contributed by atoms with van der Waals surface area (Å²) < 4.78 is 10.4. The zero-order chi connectivity index (χ0) is 16.9. The molecule has 0 fully saturated rings. The summed E-state index contributed by atoms with van der Waals surface area (Å²) in [4.78, 5) is 24.8. The summed E-state index contributed by atoms with van der Waals surface area (Å²) in [6, 6.07) is 9.43. The molecule has 4 rings (SSSR count). The van der Waals surface area contributed by atoms with Crippen molar-refractivity contribution in [2.45, 2.75) is 12.0 Å². The van der Waals surface area contributed by atoms with Crippen LogP contribution < -0.4 is 14.8 Å². The summed E-state index contributed by atoms with van der Waals surface area (Å²) in [6.07, 6.45) is -0.397. The number of benzene rings is 2. The van der Waals surface area contributed by atoms with Gasteiger partial charge in [0, 0.05) is 21.8 Å². The minimum Gasteiger partial charge on any atom is -0.454 e. The third-order valence-corrected chi connectivity index (χ3v) is 4.40. The number of Topliss-reactive ketones (excluding diaryl/α,β-unsaturated/α-hetero) is 1. The maximum Gasteiger partial charge on any atom is 0.261 e. The summed E-state index contributed by atoms with van der Waals surface area (Å²) in [6.45, 7) is 0.102. The van der Waals surface area contributed by atoms with E-state index in [1.807, 2.05) is 0 Å². The number of ether oxygens (including phenoxy) is 2. The van der Waals surface area contributed by atoms with Crippen molar-refractivity contribution in [3.8, 4) is 11.5 Å². The lowest BCUT2D eigenvalue weighted by Crippen LogP contribution is -2.36. The van der Waals surface area contributed by atoms with Crippen LogP contribution in [0, 0.1) is 0 Å². The first-order valence-corrected chi connectivity index (χ1v) is 7.62. The fourth-order valence-corrected chi connectivity index (χ4v) is 3.07. The molecule has 0 saturated heterocycles. The van der Waals surface area contributed by atoms with Gasteiger partial charge in [0.15, 0.2) is 22.9 Å². The number of hydrogen-bond donors (Lipinski definition) is 2. The molecule has 0 radical (unpaired) electrons. The summed E-state index contributed by atoms with van der Waals surface area (Å²) in [5.74, 6) is -0.0132. The Morgan fingerprint density at radius 2 is 2.00 bits per heavy atom. The van der Waals surface area contributed by atoms with Gasteiger partial charge in [-0.25, -0.2) is 0 Å². The fraction of sp³-hybridized carbons (Fsp3) is 0.176. The molecule has 0 bridgehead atoms. The second kappa shape index (κ2) is 5.22. The smallest absolute Gasteiger partial charge is 0.261 e. The number of amides is 1. The first-order chi connectivity index (χ1) is 11.5. The van der Waals surface area contributed by atoms with E-state index in [0.717, 1.165) is 0 Å². The molecule has 1 atom stereocenters. The van der Waals surface area contributed by atoms with Gasteiger partial charge in [0.05, 0.1) is 6.42 Å². The number of hydrogen-bond acceptors (Lipinski definition) is 5. The normalized spacial score (nSPS) is 20.7. The van der Waals surface area contributed by atoms with Crippen LogP contribution in [-0.4, -0.2) is 23.6 Å². The van der Waals surface area contributed by atoms with Gasteiger partial charge >= 0.3 is 0 Å². The topological polar surface area (TPSA) is 84.9 Å². The lowest BCUT2D eigenvalue weighted by atomic mass is 9.88. The Morgan fingerprint density at radius 1 is 1.21 bits per heavy atom. The van der Waals surface area contributed by atoms with E-state index in [4.69, 9.17) is 21.1 Å². The molecule has 2 N–H and O–H groups in total. The van der Waals surface area contributed by atoms with E-state index < -0.39 is 23.7 Å². The summed E-state index contributed by atoms with van der Waals surface area (Å²) in [5, 5.41) is 13.8. The van der Waals surface area contributed by atoms with Crippen LogP contribution in [0.1, 0.15) is 22.3 Å². The first kappa shape index (κ1) is 15.0. The molecule has 0 saturated carbocycles. The molecule has 0 aromatic heterocycles. The molecular formula is C17H12ClNO5. The molecule has 0 aliphatic carbocycles. The van der Waals surface area contributed by atoms with Crippen LogP contribution in [-0.2, 0) is 10.4 Å². The monoisotopic (exact) mass is 345 g/mol. The molecule has 122 valence electrons. The molecular weight excluding hydrogens is 334 g/mol. The SMILES string of the molecule is O=C(C[C@@]1(O)C(=O)Nc2ccc(Cl)cc21)c1ccc2c(c1)OCO2. The fourth-order valence-electron chi connectivity index (χ4n) is 2.90. The first-order valence-electron chi connectivity index (χ1n) is 7.24. The van der Waals surface area contributed by atoms with Crippen molar-refractivity contribution in [1.82, 2.24) is 0 Å². The highest BCUT2D eigenvalue weighted by Crippen LogP contribution is 2.41. The molecule has 1 amide bonds. The number of fused-ring (bicyclic) bond motifs is 2. The van der Waals surface area contributed by atoms with E-state index in [0.29, 0.717) is 33.3 Å². The van der Waals surface area contributed by atoms with Gasteiger partial charge in [-0.2, -0.15) is 0 Å². The van der Waals surface area contributed by atoms with Crippen LogP contribution in [0.5, 0.6) is 11.5 Å². The third kappa shape index (κ3) is 2.23. The van der Waals surface area contributed by atoms with Crippen molar-refractivity contribution < 1.29 is 24.2 Å². The second-order valence-corrected chi connectivity index (χ2v) is 6.11. The lowest BCUT2D eigenvalue weighted by molar-refractivity contribution is -0.133. The maximum absolute atomic E-state index is 12.6. The van der Waals surface area contributed by atoms with Gasteiger partial charge in [0.2, 0.25) is 6.79 Å². The number of carbonyl (C=O) groups excluding carboxylic acids is 2. The Bertz CT molecular complexity index is 881. The van der Waals surface area contributed by atoms with E-state index >= 15 is 0 Å². The molecule has 2 aromatic rings. The number of carbonyl (C=O) groups is 2. The number of anilines is 1. The summed E-state index contributed by atoms with van der Waals surface area (Å²) >= 11 is 5.95. The molecule has 2 aliphatic heterocycles. The van der Waals surface area contributed by atoms with Crippen LogP contribution >= 0.6 is 11.6 Å². The average molecular weight is 346 g/mol. The molecule has 0 spiro atoms. The van der Waals surface area contributed by atoms with E-state index in [9.17, 15) is 14.7 Å². The Labute approximate surface area is 141 Å².